The fourth-order valence-corrected chi connectivity index (χ4v) is 6.61. The minimum atomic E-state index is -1.77. The number of carbonyl (C=O) groups excluding carboxylic acids is 2. The summed E-state index contributed by atoms with van der Waals surface area (Å²) in [6, 6.07) is 0. The molecule has 15 nitrogen and oxygen atoms in total. The molecule has 2 aliphatic rings. The van der Waals surface area contributed by atoms with E-state index in [9.17, 15) is 45.3 Å². The number of aliphatic hydroxyl groups is 7. The normalized spacial score (nSPS) is 28.0. The minimum Gasteiger partial charge on any atom is -0.462 e. The largest absolute Gasteiger partial charge is 0.462 e. The van der Waals surface area contributed by atoms with E-state index in [-0.39, 0.29) is 19.4 Å². The third-order valence-electron chi connectivity index (χ3n) is 10.4. The number of ether oxygens (including phenoxy) is 6. The summed E-state index contributed by atoms with van der Waals surface area (Å²) in [5.41, 5.74) is 0. The quantitative estimate of drug-likeness (QED) is 0.0216. The molecule has 7 N–H and O–H groups in total. The second-order valence-electron chi connectivity index (χ2n) is 15.5. The summed E-state index contributed by atoms with van der Waals surface area (Å²) < 4.78 is 33.4. The van der Waals surface area contributed by atoms with Crippen LogP contribution in [0.5, 0.6) is 0 Å². The van der Waals surface area contributed by atoms with Gasteiger partial charge in [0.15, 0.2) is 18.7 Å². The number of carbonyl (C=O) groups is 2. The third kappa shape index (κ3) is 22.0. The predicted octanol–water partition coefficient (Wildman–Crippen LogP) is 4.37. The second kappa shape index (κ2) is 33.1. The molecule has 5 unspecified atom stereocenters. The van der Waals surface area contributed by atoms with Crippen molar-refractivity contribution < 1.29 is 73.8 Å². The molecular formula is C45H76O15. The van der Waals surface area contributed by atoms with Gasteiger partial charge in [0.2, 0.25) is 0 Å². The molecule has 0 bridgehead atoms. The molecule has 346 valence electrons. The molecule has 0 aromatic rings. The van der Waals surface area contributed by atoms with Crippen molar-refractivity contribution in [1.82, 2.24) is 0 Å². The highest BCUT2D eigenvalue weighted by Crippen LogP contribution is 2.26. The van der Waals surface area contributed by atoms with Crippen LogP contribution in [0, 0.1) is 0 Å². The number of hydrogen-bond donors (Lipinski definition) is 7. The zero-order valence-electron chi connectivity index (χ0n) is 35.9. The maximum Gasteiger partial charge on any atom is 0.306 e. The molecule has 0 aromatic heterocycles. The molecule has 15 heteroatoms. The number of allylic oxidation sites excluding steroid dienone is 8. The van der Waals surface area contributed by atoms with Crippen LogP contribution in [-0.2, 0) is 38.0 Å². The van der Waals surface area contributed by atoms with Crippen LogP contribution in [0.3, 0.4) is 0 Å². The SMILES string of the molecule is CC/C=C/C=C/C=C/CCCCCCCC(=O)OC(COC(=O)CCCCCCC/C=C/CCCC)CO[C@@H]1O[C@H](CO[C@@H]2O[C@H](CO)[C@H](O)C(O)C2O)[C@H](O)C(O)C1O. The molecule has 0 aromatic carbocycles. The summed E-state index contributed by atoms with van der Waals surface area (Å²) in [4.78, 5) is 25.6. The van der Waals surface area contributed by atoms with E-state index in [4.69, 9.17) is 28.4 Å². The lowest BCUT2D eigenvalue weighted by Crippen LogP contribution is -2.61. The van der Waals surface area contributed by atoms with Gasteiger partial charge >= 0.3 is 11.9 Å². The van der Waals surface area contributed by atoms with Gasteiger partial charge in [-0.1, -0.05) is 114 Å². The van der Waals surface area contributed by atoms with Gasteiger partial charge in [-0.3, -0.25) is 9.59 Å². The summed E-state index contributed by atoms with van der Waals surface area (Å²) in [5, 5.41) is 71.8. The van der Waals surface area contributed by atoms with Crippen LogP contribution in [0.1, 0.15) is 129 Å². The number of hydrogen-bond acceptors (Lipinski definition) is 15. The van der Waals surface area contributed by atoms with Crippen molar-refractivity contribution in [3.05, 3.63) is 48.6 Å². The number of rotatable bonds is 32. The molecule has 2 aliphatic heterocycles. The molecule has 2 saturated heterocycles. The van der Waals surface area contributed by atoms with E-state index in [1.54, 1.807) is 0 Å². The molecular weight excluding hydrogens is 780 g/mol. The number of aliphatic hydroxyl groups excluding tert-OH is 7. The summed E-state index contributed by atoms with van der Waals surface area (Å²) in [6.07, 6.45) is 15.9. The molecule has 0 amide bonds. The Morgan fingerprint density at radius 1 is 0.550 bits per heavy atom. The van der Waals surface area contributed by atoms with Crippen molar-refractivity contribution in [2.24, 2.45) is 0 Å². The Morgan fingerprint density at radius 3 is 1.68 bits per heavy atom. The Hall–Kier alpha value is -2.54. The van der Waals surface area contributed by atoms with E-state index in [1.165, 1.54) is 12.8 Å². The smallest absolute Gasteiger partial charge is 0.306 e. The van der Waals surface area contributed by atoms with Gasteiger partial charge in [-0.15, -0.1) is 0 Å². The van der Waals surface area contributed by atoms with Crippen molar-refractivity contribution in [1.29, 1.82) is 0 Å². The van der Waals surface area contributed by atoms with Crippen molar-refractivity contribution in [3.8, 4) is 0 Å². The van der Waals surface area contributed by atoms with Gasteiger partial charge < -0.3 is 64.2 Å². The molecule has 0 saturated carbocycles. The topological polar surface area (TPSA) is 231 Å². The monoisotopic (exact) mass is 857 g/mol. The first-order valence-electron chi connectivity index (χ1n) is 22.3. The maximum atomic E-state index is 12.9. The van der Waals surface area contributed by atoms with Crippen LogP contribution >= 0.6 is 0 Å². The van der Waals surface area contributed by atoms with Crippen LogP contribution in [0.4, 0.5) is 0 Å². The van der Waals surface area contributed by atoms with Gasteiger partial charge in [0.1, 0.15) is 55.4 Å². The van der Waals surface area contributed by atoms with Crippen LogP contribution < -0.4 is 0 Å². The van der Waals surface area contributed by atoms with Crippen molar-refractivity contribution >= 4 is 11.9 Å². The Kier molecular flexibility index (Phi) is 29.5. The van der Waals surface area contributed by atoms with E-state index >= 15 is 0 Å². The van der Waals surface area contributed by atoms with Crippen molar-refractivity contribution in [2.75, 3.05) is 26.4 Å². The van der Waals surface area contributed by atoms with Crippen LogP contribution in [0.25, 0.3) is 0 Å². The van der Waals surface area contributed by atoms with Gasteiger partial charge in [0.05, 0.1) is 19.8 Å². The lowest BCUT2D eigenvalue weighted by molar-refractivity contribution is -0.332. The molecule has 0 spiro atoms. The minimum absolute atomic E-state index is 0.139. The number of esters is 2. The average Bonchev–Trinajstić information content (AvgIpc) is 3.24. The molecule has 0 radical (unpaired) electrons. The Balaban J connectivity index is 1.88. The third-order valence-corrected chi connectivity index (χ3v) is 10.4. The van der Waals surface area contributed by atoms with Gasteiger partial charge in [0.25, 0.3) is 0 Å². The highest BCUT2D eigenvalue weighted by atomic mass is 16.7. The number of unbranched alkanes of at least 4 members (excludes halogenated alkanes) is 12. The summed E-state index contributed by atoms with van der Waals surface area (Å²) in [5.74, 6) is -0.968. The average molecular weight is 857 g/mol. The van der Waals surface area contributed by atoms with E-state index in [0.717, 1.165) is 77.0 Å². The van der Waals surface area contributed by atoms with E-state index in [2.05, 4.69) is 38.2 Å². The van der Waals surface area contributed by atoms with Crippen LogP contribution in [0.2, 0.25) is 0 Å². The lowest BCUT2D eigenvalue weighted by atomic mass is 9.98. The van der Waals surface area contributed by atoms with Gasteiger partial charge in [-0.05, 0) is 51.4 Å². The first-order chi connectivity index (χ1) is 29.0. The first kappa shape index (κ1) is 53.6. The molecule has 2 fully saturated rings. The Morgan fingerprint density at radius 2 is 1.07 bits per heavy atom. The standard InChI is InChI=1S/C45H76O15/c1-3-5-7-9-11-13-15-16-18-20-22-24-26-28-37(48)58-33(30-55-36(47)27-25-23-21-19-17-14-12-10-8-6-4-2)31-56-44-43(54)41(52)39(50)35(60-44)32-57-45-42(53)40(51)38(49)34(29-46)59-45/h5,7,9-13,15,33-35,38-46,49-54H,3-4,6,8,14,16-32H2,1-2H3/b7-5+,11-9+,12-10+,15-13+/t33?,34-,35-,38+,39+,40?,41?,42?,43?,44-,45-/m1/s1. The predicted molar refractivity (Wildman–Crippen MR) is 224 cm³/mol. The maximum absolute atomic E-state index is 12.9. The fourth-order valence-electron chi connectivity index (χ4n) is 6.61. The van der Waals surface area contributed by atoms with Gasteiger partial charge in [0, 0.05) is 12.8 Å². The second-order valence-corrected chi connectivity index (χ2v) is 15.5. The van der Waals surface area contributed by atoms with E-state index in [0.29, 0.717) is 12.8 Å². The lowest BCUT2D eigenvalue weighted by Gasteiger charge is -2.42. The summed E-state index contributed by atoms with van der Waals surface area (Å²) in [7, 11) is 0. The molecule has 2 rings (SSSR count). The first-order valence-corrected chi connectivity index (χ1v) is 22.3. The molecule has 11 atom stereocenters. The van der Waals surface area contributed by atoms with Gasteiger partial charge in [-0.25, -0.2) is 0 Å². The van der Waals surface area contributed by atoms with Crippen molar-refractivity contribution in [3.63, 3.8) is 0 Å². The molecule has 60 heavy (non-hydrogen) atoms. The van der Waals surface area contributed by atoms with Crippen molar-refractivity contribution in [2.45, 2.75) is 197 Å². The highest BCUT2D eigenvalue weighted by Gasteiger charge is 2.47. The highest BCUT2D eigenvalue weighted by molar-refractivity contribution is 5.70. The van der Waals surface area contributed by atoms with Crippen LogP contribution in [-0.4, -0.2) is 142 Å². The molecule has 0 aliphatic carbocycles. The molecule has 2 heterocycles. The van der Waals surface area contributed by atoms with E-state index < -0.39 is 99.3 Å². The zero-order valence-corrected chi connectivity index (χ0v) is 35.9. The zero-order chi connectivity index (χ0) is 44.0. The summed E-state index contributed by atoms with van der Waals surface area (Å²) >= 11 is 0. The Labute approximate surface area is 357 Å². The van der Waals surface area contributed by atoms with Gasteiger partial charge in [-0.2, -0.15) is 0 Å². The fraction of sp³-hybridized carbons (Fsp3) is 0.778. The van der Waals surface area contributed by atoms with Crippen LogP contribution in [0.15, 0.2) is 48.6 Å². The Bertz CT molecular complexity index is 1240. The van der Waals surface area contributed by atoms with E-state index in [1.807, 2.05) is 24.3 Å². The summed E-state index contributed by atoms with van der Waals surface area (Å²) in [6.45, 7) is 2.34.